The molecule has 0 saturated carbocycles. The zero-order valence-corrected chi connectivity index (χ0v) is 21.7. The van der Waals surface area contributed by atoms with Crippen LogP contribution in [0.1, 0.15) is 47.2 Å². The minimum absolute atomic E-state index is 0.0114. The van der Waals surface area contributed by atoms with Crippen LogP contribution in [0, 0.1) is 17.1 Å². The first-order chi connectivity index (χ1) is 19.0. The first-order valence-corrected chi connectivity index (χ1v) is 13.2. The van der Waals surface area contributed by atoms with Crippen LogP contribution in [0.15, 0.2) is 60.7 Å². The van der Waals surface area contributed by atoms with Gasteiger partial charge in [0.1, 0.15) is 11.6 Å². The molecule has 39 heavy (non-hydrogen) atoms. The van der Waals surface area contributed by atoms with Crippen molar-refractivity contribution in [2.24, 2.45) is 0 Å². The molecule has 202 valence electrons. The van der Waals surface area contributed by atoms with Crippen LogP contribution in [0.5, 0.6) is 0 Å². The Labute approximate surface area is 227 Å². The van der Waals surface area contributed by atoms with Crippen molar-refractivity contribution in [1.82, 2.24) is 15.2 Å². The normalized spacial score (nSPS) is 14.6. The van der Waals surface area contributed by atoms with E-state index in [9.17, 15) is 19.2 Å². The predicted octanol–water partition coefficient (Wildman–Crippen LogP) is 3.91. The third kappa shape index (κ3) is 7.18. The smallest absolute Gasteiger partial charge is 0.255 e. The third-order valence-electron chi connectivity index (χ3n) is 6.80. The number of aliphatic hydroxyl groups is 1. The molecule has 4 rings (SSSR count). The number of likely N-dealkylation sites (tertiary alicyclic amines) is 1. The van der Waals surface area contributed by atoms with Crippen LogP contribution in [-0.4, -0.2) is 59.1 Å². The summed E-state index contributed by atoms with van der Waals surface area (Å²) in [7, 11) is 0. The fourth-order valence-corrected chi connectivity index (χ4v) is 4.80. The number of hydrogen-bond acceptors (Lipinski definition) is 6. The molecule has 0 spiro atoms. The van der Waals surface area contributed by atoms with E-state index in [-0.39, 0.29) is 36.7 Å². The van der Waals surface area contributed by atoms with Gasteiger partial charge in [0.05, 0.1) is 22.9 Å². The third-order valence-corrected chi connectivity index (χ3v) is 6.80. The van der Waals surface area contributed by atoms with Gasteiger partial charge in [0.2, 0.25) is 5.91 Å². The molecule has 2 amide bonds. The summed E-state index contributed by atoms with van der Waals surface area (Å²) < 4.78 is 13.6. The van der Waals surface area contributed by atoms with Crippen molar-refractivity contribution >= 4 is 17.6 Å². The summed E-state index contributed by atoms with van der Waals surface area (Å²) in [5, 5.41) is 24.8. The van der Waals surface area contributed by atoms with Gasteiger partial charge in [-0.2, -0.15) is 5.26 Å². The van der Waals surface area contributed by atoms with E-state index in [0.717, 1.165) is 18.4 Å². The van der Waals surface area contributed by atoms with Gasteiger partial charge in [-0.05, 0) is 61.6 Å². The van der Waals surface area contributed by atoms with Gasteiger partial charge in [-0.15, -0.1) is 0 Å². The number of hydrogen-bond donors (Lipinski definition) is 3. The van der Waals surface area contributed by atoms with E-state index in [4.69, 9.17) is 10.1 Å². The highest BCUT2D eigenvalue weighted by Gasteiger charge is 2.29. The van der Waals surface area contributed by atoms with E-state index >= 15 is 0 Å². The van der Waals surface area contributed by atoms with Crippen LogP contribution >= 0.6 is 0 Å². The summed E-state index contributed by atoms with van der Waals surface area (Å²) in [5.74, 6) is -0.291. The number of amides is 2. The van der Waals surface area contributed by atoms with Crippen LogP contribution in [0.2, 0.25) is 0 Å². The average molecular weight is 530 g/mol. The molecule has 1 aliphatic heterocycles. The standard InChI is InChI=1S/C30H32FN5O3/c31-23-8-3-6-21(18-23)14-15-33-29-26(12-13-27(35-29)25-10-2-1-7-22(25)19-32)30(39)34-20-24-9-4-16-36(24)28(38)11-5-17-37/h1-3,6-8,10,12-13,18,24,37H,4-5,9,11,14-17,20H2,(H,33,35)(H,34,39)/t24-/m1/s1. The Morgan fingerprint density at radius 3 is 2.79 bits per heavy atom. The summed E-state index contributed by atoms with van der Waals surface area (Å²) in [6.45, 7) is 1.34. The molecular weight excluding hydrogens is 497 g/mol. The first kappa shape index (κ1) is 27.7. The monoisotopic (exact) mass is 529 g/mol. The van der Waals surface area contributed by atoms with Crippen molar-refractivity contribution < 1.29 is 19.1 Å². The van der Waals surface area contributed by atoms with Crippen molar-refractivity contribution in [3.05, 3.63) is 83.2 Å². The molecule has 1 aromatic heterocycles. The molecule has 2 aromatic carbocycles. The first-order valence-electron chi connectivity index (χ1n) is 13.2. The zero-order chi connectivity index (χ0) is 27.6. The van der Waals surface area contributed by atoms with E-state index in [0.29, 0.717) is 60.7 Å². The fourth-order valence-electron chi connectivity index (χ4n) is 4.80. The van der Waals surface area contributed by atoms with Crippen LogP contribution < -0.4 is 10.6 Å². The van der Waals surface area contributed by atoms with Crippen LogP contribution in [0.3, 0.4) is 0 Å². The van der Waals surface area contributed by atoms with E-state index < -0.39 is 0 Å². The second-order valence-corrected chi connectivity index (χ2v) is 9.48. The maximum absolute atomic E-state index is 13.6. The van der Waals surface area contributed by atoms with E-state index in [2.05, 4.69) is 16.7 Å². The second-order valence-electron chi connectivity index (χ2n) is 9.48. The molecule has 1 fully saturated rings. The number of benzene rings is 2. The number of rotatable bonds is 11. The molecule has 0 radical (unpaired) electrons. The molecule has 3 aromatic rings. The number of carbonyl (C=O) groups excluding carboxylic acids is 2. The van der Waals surface area contributed by atoms with Gasteiger partial charge in [-0.3, -0.25) is 9.59 Å². The van der Waals surface area contributed by atoms with Crippen molar-refractivity contribution in [3.8, 4) is 17.3 Å². The van der Waals surface area contributed by atoms with Gasteiger partial charge < -0.3 is 20.6 Å². The van der Waals surface area contributed by atoms with E-state index in [1.807, 2.05) is 12.1 Å². The quantitative estimate of drug-likeness (QED) is 0.347. The fraction of sp³-hybridized carbons (Fsp3) is 0.333. The maximum Gasteiger partial charge on any atom is 0.255 e. The molecule has 0 bridgehead atoms. The van der Waals surface area contributed by atoms with Gasteiger partial charge >= 0.3 is 0 Å². The van der Waals surface area contributed by atoms with Gasteiger partial charge in [-0.25, -0.2) is 9.37 Å². The molecule has 1 atom stereocenters. The summed E-state index contributed by atoms with van der Waals surface area (Å²) in [6, 6.07) is 18.9. The number of nitrogens with zero attached hydrogens (tertiary/aromatic N) is 3. The molecule has 0 aliphatic carbocycles. The Kier molecular flexibility index (Phi) is 9.59. The molecule has 3 N–H and O–H groups in total. The lowest BCUT2D eigenvalue weighted by Crippen LogP contribution is -2.43. The number of halogens is 1. The molecule has 1 aliphatic rings. The number of aliphatic hydroxyl groups excluding tert-OH is 1. The molecule has 1 saturated heterocycles. The van der Waals surface area contributed by atoms with Gasteiger partial charge in [0, 0.05) is 44.3 Å². The predicted molar refractivity (Wildman–Crippen MR) is 146 cm³/mol. The lowest BCUT2D eigenvalue weighted by Gasteiger charge is -2.25. The summed E-state index contributed by atoms with van der Waals surface area (Å²) in [6.07, 6.45) is 2.90. The van der Waals surface area contributed by atoms with Gasteiger partial charge in [-0.1, -0.05) is 30.3 Å². The van der Waals surface area contributed by atoms with Crippen molar-refractivity contribution in [3.63, 3.8) is 0 Å². The zero-order valence-electron chi connectivity index (χ0n) is 21.7. The van der Waals surface area contributed by atoms with Gasteiger partial charge in [0.15, 0.2) is 0 Å². The molecule has 8 nitrogen and oxygen atoms in total. The van der Waals surface area contributed by atoms with Crippen molar-refractivity contribution in [2.45, 2.75) is 38.1 Å². The molecular formula is C30H32FN5O3. The second kappa shape index (κ2) is 13.5. The number of anilines is 1. The van der Waals surface area contributed by atoms with E-state index in [1.54, 1.807) is 41.3 Å². The van der Waals surface area contributed by atoms with Crippen LogP contribution in [-0.2, 0) is 11.2 Å². The molecule has 0 unspecified atom stereocenters. The Hall–Kier alpha value is -4.29. The van der Waals surface area contributed by atoms with Gasteiger partial charge in [0.25, 0.3) is 5.91 Å². The highest BCUT2D eigenvalue weighted by atomic mass is 19.1. The highest BCUT2D eigenvalue weighted by Crippen LogP contribution is 2.25. The van der Waals surface area contributed by atoms with Crippen LogP contribution in [0.25, 0.3) is 11.3 Å². The number of nitriles is 1. The summed E-state index contributed by atoms with van der Waals surface area (Å²) in [5.41, 5.74) is 2.83. The SMILES string of the molecule is N#Cc1ccccc1-c1ccc(C(=O)NC[C@H]2CCCN2C(=O)CCCO)c(NCCc2cccc(F)c2)n1. The Bertz CT molecular complexity index is 1360. The maximum atomic E-state index is 13.6. The Morgan fingerprint density at radius 2 is 2.00 bits per heavy atom. The summed E-state index contributed by atoms with van der Waals surface area (Å²) >= 11 is 0. The summed E-state index contributed by atoms with van der Waals surface area (Å²) in [4.78, 5) is 32.3. The Balaban J connectivity index is 1.51. The molecule has 9 heteroatoms. The van der Waals surface area contributed by atoms with Crippen LogP contribution in [0.4, 0.5) is 10.2 Å². The number of pyridine rings is 1. The lowest BCUT2D eigenvalue weighted by atomic mass is 10.0. The largest absolute Gasteiger partial charge is 0.396 e. The number of carbonyl (C=O) groups is 2. The van der Waals surface area contributed by atoms with Crippen molar-refractivity contribution in [1.29, 1.82) is 5.26 Å². The van der Waals surface area contributed by atoms with Crippen molar-refractivity contribution in [2.75, 3.05) is 31.6 Å². The number of aromatic nitrogens is 1. The molecule has 2 heterocycles. The lowest BCUT2D eigenvalue weighted by molar-refractivity contribution is -0.132. The highest BCUT2D eigenvalue weighted by molar-refractivity contribution is 5.99. The minimum atomic E-state index is -0.328. The number of nitrogens with one attached hydrogen (secondary N) is 2. The topological polar surface area (TPSA) is 118 Å². The van der Waals surface area contributed by atoms with E-state index in [1.165, 1.54) is 12.1 Å². The minimum Gasteiger partial charge on any atom is -0.396 e. The Morgan fingerprint density at radius 1 is 1.15 bits per heavy atom. The average Bonchev–Trinajstić information content (AvgIpc) is 3.43.